The van der Waals surface area contributed by atoms with Crippen LogP contribution in [0.4, 0.5) is 17.6 Å². The molecule has 1 aromatic carbocycles. The molecular formula is C11H6ClF4NO2. The number of benzene rings is 1. The zero-order chi connectivity index (χ0) is 14.7. The molecule has 0 aliphatic heterocycles. The topological polar surface area (TPSA) is 50.1 Å². The van der Waals surface area contributed by atoms with Crippen LogP contribution < -0.4 is 0 Å². The first-order valence-corrected chi connectivity index (χ1v) is 5.32. The van der Waals surface area contributed by atoms with E-state index in [1.807, 2.05) is 0 Å². The van der Waals surface area contributed by atoms with Crippen LogP contribution in [0.15, 0.2) is 0 Å². The lowest BCUT2D eigenvalue weighted by Crippen LogP contribution is -2.19. The summed E-state index contributed by atoms with van der Waals surface area (Å²) in [6, 6.07) is 1.23. The van der Waals surface area contributed by atoms with Crippen molar-refractivity contribution < 1.29 is 27.1 Å². The van der Waals surface area contributed by atoms with Crippen molar-refractivity contribution >= 4 is 17.6 Å². The molecule has 0 fully saturated rings. The third-order valence-corrected chi connectivity index (χ3v) is 2.52. The van der Waals surface area contributed by atoms with Crippen LogP contribution >= 0.6 is 11.6 Å². The lowest BCUT2D eigenvalue weighted by Gasteiger charge is -2.12. The highest BCUT2D eigenvalue weighted by atomic mass is 35.5. The average molecular weight is 296 g/mol. The van der Waals surface area contributed by atoms with Gasteiger partial charge >= 0.3 is 5.97 Å². The molecule has 1 rings (SSSR count). The molecule has 0 N–H and O–H groups in total. The summed E-state index contributed by atoms with van der Waals surface area (Å²) in [4.78, 5) is 11.3. The molecule has 0 amide bonds. The predicted octanol–water partition coefficient (Wildman–Crippen LogP) is 3.07. The Balaban J connectivity index is 3.50. The lowest BCUT2D eigenvalue weighted by molar-refractivity contribution is -0.143. The van der Waals surface area contributed by atoms with E-state index in [2.05, 4.69) is 4.74 Å². The van der Waals surface area contributed by atoms with Gasteiger partial charge in [-0.2, -0.15) is 5.26 Å². The van der Waals surface area contributed by atoms with E-state index in [1.165, 1.54) is 13.0 Å². The SMILES string of the molecule is CCOC(=O)C(C#N)c1c(F)c(F)c(Cl)c(F)c1F. The van der Waals surface area contributed by atoms with Crippen molar-refractivity contribution in [1.29, 1.82) is 5.26 Å². The number of halogens is 5. The Morgan fingerprint density at radius 3 is 2.11 bits per heavy atom. The molecule has 1 aromatic rings. The fraction of sp³-hybridized carbons (Fsp3) is 0.273. The average Bonchev–Trinajstić information content (AvgIpc) is 2.39. The van der Waals surface area contributed by atoms with E-state index in [9.17, 15) is 22.4 Å². The Hall–Kier alpha value is -1.81. The minimum Gasteiger partial charge on any atom is -0.465 e. The van der Waals surface area contributed by atoms with Crippen molar-refractivity contribution in [2.45, 2.75) is 12.8 Å². The van der Waals surface area contributed by atoms with Gasteiger partial charge in [-0.25, -0.2) is 17.6 Å². The van der Waals surface area contributed by atoms with Gasteiger partial charge in [0.15, 0.2) is 29.2 Å². The fourth-order valence-corrected chi connectivity index (χ4v) is 1.50. The molecular weight excluding hydrogens is 290 g/mol. The fourth-order valence-electron chi connectivity index (χ4n) is 1.34. The van der Waals surface area contributed by atoms with Crippen LogP contribution in [0.1, 0.15) is 18.4 Å². The van der Waals surface area contributed by atoms with Gasteiger partial charge < -0.3 is 4.74 Å². The molecule has 0 aliphatic rings. The summed E-state index contributed by atoms with van der Waals surface area (Å²) < 4.78 is 57.8. The minimum absolute atomic E-state index is 0.168. The third-order valence-electron chi connectivity index (χ3n) is 2.18. The summed E-state index contributed by atoms with van der Waals surface area (Å²) in [6.07, 6.45) is 0. The van der Waals surface area contributed by atoms with Gasteiger partial charge in [0.1, 0.15) is 5.02 Å². The number of hydrogen-bond donors (Lipinski definition) is 0. The molecule has 0 saturated heterocycles. The maximum Gasteiger partial charge on any atom is 0.328 e. The number of nitrogens with zero attached hydrogens (tertiary/aromatic N) is 1. The number of rotatable bonds is 3. The van der Waals surface area contributed by atoms with E-state index in [-0.39, 0.29) is 6.61 Å². The summed E-state index contributed by atoms with van der Waals surface area (Å²) in [6.45, 7) is 1.22. The molecule has 1 unspecified atom stereocenters. The number of nitriles is 1. The standard InChI is InChI=1S/C11H6ClF4NO2/c1-2-19-11(18)4(3-17)5-7(13)9(15)6(12)10(16)8(5)14/h4H,2H2,1H3. The van der Waals surface area contributed by atoms with Crippen molar-refractivity contribution in [1.82, 2.24) is 0 Å². The van der Waals surface area contributed by atoms with E-state index in [0.29, 0.717) is 0 Å². The van der Waals surface area contributed by atoms with E-state index < -0.39 is 45.7 Å². The van der Waals surface area contributed by atoms with Gasteiger partial charge in [-0.15, -0.1) is 0 Å². The molecule has 0 radical (unpaired) electrons. The van der Waals surface area contributed by atoms with Crippen molar-refractivity contribution in [3.05, 3.63) is 33.9 Å². The van der Waals surface area contributed by atoms with Crippen LogP contribution in [0.5, 0.6) is 0 Å². The normalized spacial score (nSPS) is 11.8. The van der Waals surface area contributed by atoms with Gasteiger partial charge in [0.25, 0.3) is 0 Å². The van der Waals surface area contributed by atoms with Gasteiger partial charge in [0.2, 0.25) is 0 Å². The van der Waals surface area contributed by atoms with Crippen LogP contribution in [-0.4, -0.2) is 12.6 Å². The van der Waals surface area contributed by atoms with Crippen molar-refractivity contribution in [2.75, 3.05) is 6.61 Å². The second-order valence-corrected chi connectivity index (χ2v) is 3.68. The highest BCUT2D eigenvalue weighted by molar-refractivity contribution is 6.30. The molecule has 102 valence electrons. The first kappa shape index (κ1) is 15.2. The largest absolute Gasteiger partial charge is 0.465 e. The maximum atomic E-state index is 13.5. The van der Waals surface area contributed by atoms with Crippen LogP contribution in [0.3, 0.4) is 0 Å². The molecule has 1 atom stereocenters. The highest BCUT2D eigenvalue weighted by Crippen LogP contribution is 2.32. The summed E-state index contributed by atoms with van der Waals surface area (Å²) in [5.74, 6) is -11.0. The summed E-state index contributed by atoms with van der Waals surface area (Å²) in [5.41, 5.74) is -1.36. The van der Waals surface area contributed by atoms with Crippen LogP contribution in [0, 0.1) is 34.6 Å². The Morgan fingerprint density at radius 2 is 1.74 bits per heavy atom. The minimum atomic E-state index is -2.12. The summed E-state index contributed by atoms with van der Waals surface area (Å²) in [7, 11) is 0. The number of esters is 1. The second-order valence-electron chi connectivity index (χ2n) is 3.30. The van der Waals surface area contributed by atoms with Gasteiger partial charge in [0, 0.05) is 0 Å². The summed E-state index contributed by atoms with van der Waals surface area (Å²) in [5, 5.41) is 7.32. The number of carbonyl (C=O) groups excluding carboxylic acids is 1. The maximum absolute atomic E-state index is 13.5. The van der Waals surface area contributed by atoms with Crippen LogP contribution in [0.25, 0.3) is 0 Å². The zero-order valence-corrected chi connectivity index (χ0v) is 10.2. The Bertz CT molecular complexity index is 542. The smallest absolute Gasteiger partial charge is 0.328 e. The Kier molecular flexibility index (Phi) is 4.72. The van der Waals surface area contributed by atoms with E-state index in [1.54, 1.807) is 0 Å². The first-order chi connectivity index (χ1) is 8.86. The molecule has 0 spiro atoms. The molecule has 0 saturated carbocycles. The third kappa shape index (κ3) is 2.63. The molecule has 0 aromatic heterocycles. The number of ether oxygens (including phenoxy) is 1. The molecule has 19 heavy (non-hydrogen) atoms. The van der Waals surface area contributed by atoms with Crippen molar-refractivity contribution in [2.24, 2.45) is 0 Å². The Morgan fingerprint density at radius 1 is 1.26 bits per heavy atom. The van der Waals surface area contributed by atoms with E-state index >= 15 is 0 Å². The first-order valence-electron chi connectivity index (χ1n) is 4.94. The zero-order valence-electron chi connectivity index (χ0n) is 9.44. The second kappa shape index (κ2) is 5.89. The molecule has 3 nitrogen and oxygen atoms in total. The molecule has 8 heteroatoms. The van der Waals surface area contributed by atoms with E-state index in [0.717, 1.165) is 0 Å². The Labute approximate surface area is 110 Å². The summed E-state index contributed by atoms with van der Waals surface area (Å²) >= 11 is 5.02. The van der Waals surface area contributed by atoms with E-state index in [4.69, 9.17) is 16.9 Å². The lowest BCUT2D eigenvalue weighted by atomic mass is 9.99. The monoisotopic (exact) mass is 295 g/mol. The van der Waals surface area contributed by atoms with Crippen LogP contribution in [0.2, 0.25) is 5.02 Å². The van der Waals surface area contributed by atoms with Gasteiger partial charge in [0.05, 0.1) is 18.2 Å². The molecule has 0 heterocycles. The van der Waals surface area contributed by atoms with Crippen molar-refractivity contribution in [3.8, 4) is 6.07 Å². The molecule has 0 bridgehead atoms. The number of carbonyl (C=O) groups is 1. The predicted molar refractivity (Wildman–Crippen MR) is 56.3 cm³/mol. The molecule has 0 aliphatic carbocycles. The van der Waals surface area contributed by atoms with Gasteiger partial charge in [-0.3, -0.25) is 4.79 Å². The number of hydrogen-bond acceptors (Lipinski definition) is 3. The quantitative estimate of drug-likeness (QED) is 0.373. The highest BCUT2D eigenvalue weighted by Gasteiger charge is 2.34. The van der Waals surface area contributed by atoms with Crippen LogP contribution in [-0.2, 0) is 9.53 Å². The van der Waals surface area contributed by atoms with Crippen molar-refractivity contribution in [3.63, 3.8) is 0 Å². The van der Waals surface area contributed by atoms with Gasteiger partial charge in [-0.05, 0) is 6.92 Å². The van der Waals surface area contributed by atoms with Gasteiger partial charge in [-0.1, -0.05) is 11.6 Å².